The lowest BCUT2D eigenvalue weighted by atomic mass is 10.1. The minimum Gasteiger partial charge on any atom is -0.384 e. The Bertz CT molecular complexity index is 446. The van der Waals surface area contributed by atoms with E-state index in [4.69, 9.17) is 17.3 Å². The summed E-state index contributed by atoms with van der Waals surface area (Å²) >= 11 is 5.80. The van der Waals surface area contributed by atoms with Gasteiger partial charge in [-0.1, -0.05) is 18.5 Å². The van der Waals surface area contributed by atoms with Crippen molar-refractivity contribution >= 4 is 23.3 Å². The van der Waals surface area contributed by atoms with E-state index in [9.17, 15) is 4.79 Å². The zero-order valence-electron chi connectivity index (χ0n) is 11.0. The van der Waals surface area contributed by atoms with Crippen LogP contribution >= 0.6 is 11.6 Å². The molecule has 5 nitrogen and oxygen atoms in total. The van der Waals surface area contributed by atoms with Gasteiger partial charge in [0.25, 0.3) is 5.91 Å². The Morgan fingerprint density at radius 3 is 3.11 bits per heavy atom. The average molecular weight is 283 g/mol. The summed E-state index contributed by atoms with van der Waals surface area (Å²) in [6, 6.07) is 3.27. The van der Waals surface area contributed by atoms with Crippen molar-refractivity contribution in [2.24, 2.45) is 0 Å². The van der Waals surface area contributed by atoms with Crippen molar-refractivity contribution < 1.29 is 4.79 Å². The van der Waals surface area contributed by atoms with Gasteiger partial charge in [-0.05, 0) is 38.1 Å². The van der Waals surface area contributed by atoms with Crippen LogP contribution in [-0.2, 0) is 0 Å². The van der Waals surface area contributed by atoms with Gasteiger partial charge >= 0.3 is 0 Å². The first-order valence-corrected chi connectivity index (χ1v) is 6.92. The lowest BCUT2D eigenvalue weighted by Crippen LogP contribution is -2.47. The number of piperidine rings is 1. The van der Waals surface area contributed by atoms with Gasteiger partial charge in [-0.3, -0.25) is 4.79 Å². The SMILES string of the molecule is CCN1CCCC(NC(=O)c2cc(N)nc(Cl)c2)C1. The molecule has 0 spiro atoms. The van der Waals surface area contributed by atoms with E-state index in [1.54, 1.807) is 6.07 Å². The minimum absolute atomic E-state index is 0.140. The molecule has 2 rings (SSSR count). The van der Waals surface area contributed by atoms with Gasteiger partial charge in [-0.2, -0.15) is 0 Å². The van der Waals surface area contributed by atoms with E-state index < -0.39 is 0 Å². The Morgan fingerprint density at radius 1 is 1.63 bits per heavy atom. The van der Waals surface area contributed by atoms with Crippen molar-refractivity contribution in [2.75, 3.05) is 25.4 Å². The molecule has 1 aromatic heterocycles. The van der Waals surface area contributed by atoms with E-state index in [0.29, 0.717) is 5.56 Å². The highest BCUT2D eigenvalue weighted by Crippen LogP contribution is 2.14. The summed E-state index contributed by atoms with van der Waals surface area (Å²) in [5, 5.41) is 3.27. The molecule has 0 saturated carbocycles. The highest BCUT2D eigenvalue weighted by atomic mass is 35.5. The summed E-state index contributed by atoms with van der Waals surface area (Å²) in [7, 11) is 0. The number of carbonyl (C=O) groups is 1. The minimum atomic E-state index is -0.140. The second-order valence-corrected chi connectivity index (χ2v) is 5.20. The number of nitrogens with one attached hydrogen (secondary N) is 1. The molecule has 0 aliphatic carbocycles. The second-order valence-electron chi connectivity index (χ2n) is 4.81. The fourth-order valence-corrected chi connectivity index (χ4v) is 2.59. The van der Waals surface area contributed by atoms with Crippen molar-refractivity contribution in [3.8, 4) is 0 Å². The predicted octanol–water partition coefficient (Wildman–Crippen LogP) is 1.53. The van der Waals surface area contributed by atoms with Crippen LogP contribution in [-0.4, -0.2) is 41.5 Å². The number of amides is 1. The van der Waals surface area contributed by atoms with Crippen LogP contribution in [0.15, 0.2) is 12.1 Å². The highest BCUT2D eigenvalue weighted by Gasteiger charge is 2.21. The van der Waals surface area contributed by atoms with Gasteiger partial charge in [0.1, 0.15) is 11.0 Å². The third kappa shape index (κ3) is 3.81. The largest absolute Gasteiger partial charge is 0.384 e. The molecule has 0 aromatic carbocycles. The number of likely N-dealkylation sites (tertiary alicyclic amines) is 1. The molecule has 1 aliphatic rings. The first kappa shape index (κ1) is 14.1. The maximum Gasteiger partial charge on any atom is 0.251 e. The van der Waals surface area contributed by atoms with Crippen molar-refractivity contribution in [1.29, 1.82) is 0 Å². The molecule has 1 saturated heterocycles. The second kappa shape index (κ2) is 6.21. The number of aromatic nitrogens is 1. The summed E-state index contributed by atoms with van der Waals surface area (Å²) in [6.07, 6.45) is 2.12. The summed E-state index contributed by atoms with van der Waals surface area (Å²) in [6.45, 7) is 5.15. The number of rotatable bonds is 3. The van der Waals surface area contributed by atoms with Crippen LogP contribution in [0.5, 0.6) is 0 Å². The molecule has 6 heteroatoms. The van der Waals surface area contributed by atoms with E-state index >= 15 is 0 Å². The van der Waals surface area contributed by atoms with Crippen LogP contribution in [0.2, 0.25) is 5.15 Å². The zero-order chi connectivity index (χ0) is 13.8. The van der Waals surface area contributed by atoms with Crippen molar-refractivity contribution in [2.45, 2.75) is 25.8 Å². The molecule has 1 aromatic rings. The van der Waals surface area contributed by atoms with E-state index in [0.717, 1.165) is 32.5 Å². The molecule has 3 N–H and O–H groups in total. The third-order valence-electron chi connectivity index (χ3n) is 3.36. The molecule has 0 radical (unpaired) electrons. The first-order chi connectivity index (χ1) is 9.08. The van der Waals surface area contributed by atoms with Crippen LogP contribution < -0.4 is 11.1 Å². The van der Waals surface area contributed by atoms with Crippen LogP contribution in [0.4, 0.5) is 5.82 Å². The summed E-state index contributed by atoms with van der Waals surface area (Å²) in [4.78, 5) is 18.3. The van der Waals surface area contributed by atoms with E-state index in [1.165, 1.54) is 6.07 Å². The summed E-state index contributed by atoms with van der Waals surface area (Å²) in [5.74, 6) is 0.121. The Hall–Kier alpha value is -1.33. The molecule has 1 atom stereocenters. The lowest BCUT2D eigenvalue weighted by molar-refractivity contribution is 0.0906. The molecule has 2 heterocycles. The monoisotopic (exact) mass is 282 g/mol. The number of hydrogen-bond donors (Lipinski definition) is 2. The number of pyridine rings is 1. The van der Waals surface area contributed by atoms with Crippen molar-refractivity contribution in [3.05, 3.63) is 22.8 Å². The van der Waals surface area contributed by atoms with Crippen LogP contribution in [0.25, 0.3) is 0 Å². The smallest absolute Gasteiger partial charge is 0.251 e. The summed E-state index contributed by atoms with van der Waals surface area (Å²) < 4.78 is 0. The molecule has 1 amide bonds. The van der Waals surface area contributed by atoms with Crippen LogP contribution in [0.3, 0.4) is 0 Å². The molecule has 1 aliphatic heterocycles. The van der Waals surface area contributed by atoms with Gasteiger partial charge in [-0.25, -0.2) is 4.98 Å². The first-order valence-electron chi connectivity index (χ1n) is 6.54. The molecular formula is C13H19ClN4O. The number of nitrogens with zero attached hydrogens (tertiary/aromatic N) is 2. The lowest BCUT2D eigenvalue weighted by Gasteiger charge is -2.32. The number of halogens is 1. The average Bonchev–Trinajstić information content (AvgIpc) is 2.37. The van der Waals surface area contributed by atoms with Gasteiger partial charge in [-0.15, -0.1) is 0 Å². The Morgan fingerprint density at radius 2 is 2.42 bits per heavy atom. The van der Waals surface area contributed by atoms with Gasteiger partial charge in [0, 0.05) is 18.2 Å². The van der Waals surface area contributed by atoms with E-state index in [-0.39, 0.29) is 22.9 Å². The van der Waals surface area contributed by atoms with Crippen LogP contribution in [0, 0.1) is 0 Å². The Labute approximate surface area is 118 Å². The van der Waals surface area contributed by atoms with E-state index in [1.807, 2.05) is 0 Å². The zero-order valence-corrected chi connectivity index (χ0v) is 11.8. The molecular weight excluding hydrogens is 264 g/mol. The number of anilines is 1. The Balaban J connectivity index is 2.00. The standard InChI is InChI=1S/C13H19ClN4O/c1-2-18-5-3-4-10(8-18)16-13(19)9-6-11(14)17-12(15)7-9/h6-7,10H,2-5,8H2,1H3,(H2,15,17)(H,16,19). The van der Waals surface area contributed by atoms with Crippen molar-refractivity contribution in [3.63, 3.8) is 0 Å². The maximum absolute atomic E-state index is 12.1. The predicted molar refractivity (Wildman–Crippen MR) is 76.3 cm³/mol. The quantitative estimate of drug-likeness (QED) is 0.825. The third-order valence-corrected chi connectivity index (χ3v) is 3.56. The maximum atomic E-state index is 12.1. The van der Waals surface area contributed by atoms with Crippen molar-refractivity contribution in [1.82, 2.24) is 15.2 Å². The molecule has 19 heavy (non-hydrogen) atoms. The fraction of sp³-hybridized carbons (Fsp3) is 0.538. The van der Waals surface area contributed by atoms with Gasteiger partial charge in [0.15, 0.2) is 0 Å². The van der Waals surface area contributed by atoms with Crippen LogP contribution in [0.1, 0.15) is 30.1 Å². The molecule has 1 fully saturated rings. The number of nitrogen functional groups attached to an aromatic ring is 1. The number of hydrogen-bond acceptors (Lipinski definition) is 4. The molecule has 1 unspecified atom stereocenters. The highest BCUT2D eigenvalue weighted by molar-refractivity contribution is 6.29. The fourth-order valence-electron chi connectivity index (χ4n) is 2.38. The molecule has 104 valence electrons. The summed E-state index contributed by atoms with van der Waals surface area (Å²) in [5.41, 5.74) is 6.05. The van der Waals surface area contributed by atoms with Gasteiger partial charge in [0.05, 0.1) is 0 Å². The number of carbonyl (C=O) groups excluding carboxylic acids is 1. The number of likely N-dealkylation sites (N-methyl/N-ethyl adjacent to an activating group) is 1. The van der Waals surface area contributed by atoms with Gasteiger partial charge < -0.3 is 16.0 Å². The normalized spacial score (nSPS) is 20.2. The Kier molecular flexibility index (Phi) is 4.61. The molecule has 0 bridgehead atoms. The van der Waals surface area contributed by atoms with Gasteiger partial charge in [0.2, 0.25) is 0 Å². The topological polar surface area (TPSA) is 71.2 Å². The van der Waals surface area contributed by atoms with E-state index in [2.05, 4.69) is 22.1 Å². The number of nitrogens with two attached hydrogens (primary N) is 1.